The minimum atomic E-state index is -4.34. The summed E-state index contributed by atoms with van der Waals surface area (Å²) in [7, 11) is -3.13. The number of anilines is 1. The highest BCUT2D eigenvalue weighted by molar-refractivity contribution is 9.08. The minimum Gasteiger partial charge on any atom is -0.465 e. The van der Waals surface area contributed by atoms with Crippen LogP contribution in [-0.4, -0.2) is 27.6 Å². The maximum Gasteiger partial charge on any atom is 0.428 e. The van der Waals surface area contributed by atoms with Crippen LogP contribution in [0, 0.1) is 0 Å². The van der Waals surface area contributed by atoms with E-state index in [9.17, 15) is 18.0 Å². The third-order valence-corrected chi connectivity index (χ3v) is 6.84. The average Bonchev–Trinajstić information content (AvgIpc) is 2.83. The number of methoxy groups -OCH3 is 1. The molecular weight excluding hydrogens is 498 g/mol. The van der Waals surface area contributed by atoms with E-state index in [1.165, 1.54) is 43.5 Å². The Morgan fingerprint density at radius 2 is 1.59 bits per heavy atom. The first-order valence-electron chi connectivity index (χ1n) is 9.46. The molecular formula is C23H20BrNO6S. The molecule has 0 aliphatic rings. The molecule has 0 saturated carbocycles. The van der Waals surface area contributed by atoms with Crippen molar-refractivity contribution in [2.24, 2.45) is 0 Å². The SMILES string of the molecule is COC(=O)c1cccc(N(C(=O)OCc2ccccc2)S(=O)(=O)c2ccc(CBr)cc2)c1. The number of nitrogens with zero attached hydrogens (tertiary/aromatic N) is 1. The van der Waals surface area contributed by atoms with Gasteiger partial charge in [-0.3, -0.25) is 0 Å². The Hall–Kier alpha value is -3.17. The van der Waals surface area contributed by atoms with Crippen molar-refractivity contribution in [2.75, 3.05) is 11.4 Å². The fourth-order valence-corrected chi connectivity index (χ4v) is 4.56. The Bertz CT molecular complexity index is 1200. The molecule has 1 amide bonds. The summed E-state index contributed by atoms with van der Waals surface area (Å²) < 4.78 is 37.4. The number of carbonyl (C=O) groups is 2. The van der Waals surface area contributed by atoms with Gasteiger partial charge in [0.15, 0.2) is 0 Å². The van der Waals surface area contributed by atoms with Crippen molar-refractivity contribution in [3.63, 3.8) is 0 Å². The fraction of sp³-hybridized carbons (Fsp3) is 0.130. The van der Waals surface area contributed by atoms with E-state index in [2.05, 4.69) is 15.9 Å². The zero-order valence-electron chi connectivity index (χ0n) is 17.1. The number of sulfonamides is 1. The van der Waals surface area contributed by atoms with E-state index in [0.29, 0.717) is 15.2 Å². The molecule has 0 spiro atoms. The molecule has 0 aliphatic heterocycles. The summed E-state index contributed by atoms with van der Waals surface area (Å²) in [6.45, 7) is -0.120. The van der Waals surface area contributed by atoms with Gasteiger partial charge in [-0.2, -0.15) is 4.31 Å². The van der Waals surface area contributed by atoms with Crippen molar-refractivity contribution in [1.29, 1.82) is 0 Å². The normalized spacial score (nSPS) is 10.9. The number of rotatable bonds is 7. The van der Waals surface area contributed by atoms with Gasteiger partial charge in [-0.15, -0.1) is 0 Å². The number of esters is 1. The van der Waals surface area contributed by atoms with Crippen molar-refractivity contribution in [2.45, 2.75) is 16.8 Å². The van der Waals surface area contributed by atoms with E-state index < -0.39 is 22.1 Å². The van der Waals surface area contributed by atoms with Crippen LogP contribution in [0.2, 0.25) is 0 Å². The molecule has 9 heteroatoms. The highest BCUT2D eigenvalue weighted by Gasteiger charge is 2.33. The molecule has 3 aromatic rings. The number of ether oxygens (including phenoxy) is 2. The second-order valence-electron chi connectivity index (χ2n) is 6.63. The maximum absolute atomic E-state index is 13.4. The van der Waals surface area contributed by atoms with Gasteiger partial charge in [-0.1, -0.05) is 64.5 Å². The van der Waals surface area contributed by atoms with Crippen LogP contribution >= 0.6 is 15.9 Å². The Balaban J connectivity index is 2.02. The second-order valence-corrected chi connectivity index (χ2v) is 8.98. The molecule has 0 fully saturated rings. The van der Waals surface area contributed by atoms with Gasteiger partial charge in [0.05, 0.1) is 23.3 Å². The van der Waals surface area contributed by atoms with Crippen molar-refractivity contribution in [1.82, 2.24) is 0 Å². The van der Waals surface area contributed by atoms with Crippen LogP contribution in [0.4, 0.5) is 10.5 Å². The minimum absolute atomic E-state index is 0.0458. The smallest absolute Gasteiger partial charge is 0.428 e. The molecule has 32 heavy (non-hydrogen) atoms. The first kappa shape index (κ1) is 23.5. The highest BCUT2D eigenvalue weighted by atomic mass is 79.9. The largest absolute Gasteiger partial charge is 0.465 e. The number of benzene rings is 3. The number of carbonyl (C=O) groups excluding carboxylic acids is 2. The summed E-state index contributed by atoms with van der Waals surface area (Å²) in [6, 6.07) is 20.6. The van der Waals surface area contributed by atoms with Crippen LogP contribution in [0.15, 0.2) is 83.8 Å². The maximum atomic E-state index is 13.4. The number of alkyl halides is 1. The summed E-state index contributed by atoms with van der Waals surface area (Å²) in [4.78, 5) is 24.9. The summed E-state index contributed by atoms with van der Waals surface area (Å²) in [5.74, 6) is -0.663. The summed E-state index contributed by atoms with van der Waals surface area (Å²) in [5, 5.41) is 0.553. The van der Waals surface area contributed by atoms with Gasteiger partial charge in [0, 0.05) is 5.33 Å². The second kappa shape index (κ2) is 10.4. The van der Waals surface area contributed by atoms with E-state index in [1.807, 2.05) is 6.07 Å². The quantitative estimate of drug-likeness (QED) is 0.327. The number of halogens is 1. The first-order chi connectivity index (χ1) is 15.4. The standard InChI is InChI=1S/C23H20BrNO6S/c1-30-22(26)19-8-5-9-20(14-19)25(23(27)31-16-18-6-3-2-4-7-18)32(28,29)21-12-10-17(15-24)11-13-21/h2-14H,15-16H2,1H3. The van der Waals surface area contributed by atoms with E-state index in [1.54, 1.807) is 36.4 Å². The Morgan fingerprint density at radius 3 is 2.22 bits per heavy atom. The third-order valence-electron chi connectivity index (χ3n) is 4.49. The lowest BCUT2D eigenvalue weighted by Gasteiger charge is -2.22. The van der Waals surface area contributed by atoms with E-state index >= 15 is 0 Å². The van der Waals surface area contributed by atoms with Crippen molar-refractivity contribution in [3.05, 3.63) is 95.6 Å². The van der Waals surface area contributed by atoms with E-state index in [-0.39, 0.29) is 22.8 Å². The summed E-state index contributed by atoms with van der Waals surface area (Å²) in [6.07, 6.45) is -1.10. The molecule has 0 N–H and O–H groups in total. The van der Waals surface area contributed by atoms with Crippen LogP contribution in [0.5, 0.6) is 0 Å². The molecule has 0 radical (unpaired) electrons. The average molecular weight is 518 g/mol. The lowest BCUT2D eigenvalue weighted by Crippen LogP contribution is -2.37. The van der Waals surface area contributed by atoms with Crippen LogP contribution in [0.1, 0.15) is 21.5 Å². The Labute approximate surface area is 194 Å². The molecule has 0 aliphatic carbocycles. The van der Waals surface area contributed by atoms with Gasteiger partial charge in [-0.05, 0) is 41.5 Å². The zero-order valence-corrected chi connectivity index (χ0v) is 19.5. The molecule has 0 heterocycles. The molecule has 3 rings (SSSR count). The van der Waals surface area contributed by atoms with Crippen molar-refractivity contribution in [3.8, 4) is 0 Å². The van der Waals surface area contributed by atoms with Gasteiger partial charge in [0.1, 0.15) is 6.61 Å². The van der Waals surface area contributed by atoms with Gasteiger partial charge < -0.3 is 9.47 Å². The third kappa shape index (κ3) is 5.35. The lowest BCUT2D eigenvalue weighted by atomic mass is 10.2. The summed E-state index contributed by atoms with van der Waals surface area (Å²) >= 11 is 3.31. The number of amides is 1. The number of hydrogen-bond donors (Lipinski definition) is 0. The molecule has 0 atom stereocenters. The molecule has 0 bridgehead atoms. The molecule has 0 aromatic heterocycles. The van der Waals surface area contributed by atoms with Gasteiger partial charge >= 0.3 is 12.1 Å². The topological polar surface area (TPSA) is 90.0 Å². The van der Waals surface area contributed by atoms with E-state index in [0.717, 1.165) is 5.56 Å². The fourth-order valence-electron chi connectivity index (χ4n) is 2.85. The van der Waals surface area contributed by atoms with Gasteiger partial charge in [0.25, 0.3) is 10.0 Å². The van der Waals surface area contributed by atoms with Crippen LogP contribution in [0.3, 0.4) is 0 Å². The van der Waals surface area contributed by atoms with Gasteiger partial charge in [-0.25, -0.2) is 18.0 Å². The van der Waals surface area contributed by atoms with Crippen LogP contribution in [-0.2, 0) is 31.4 Å². The molecule has 0 unspecified atom stereocenters. The highest BCUT2D eigenvalue weighted by Crippen LogP contribution is 2.27. The number of hydrogen-bond acceptors (Lipinski definition) is 6. The predicted molar refractivity (Wildman–Crippen MR) is 123 cm³/mol. The Morgan fingerprint density at radius 1 is 0.906 bits per heavy atom. The molecule has 0 saturated heterocycles. The molecule has 166 valence electrons. The lowest BCUT2D eigenvalue weighted by molar-refractivity contribution is 0.0600. The predicted octanol–water partition coefficient (Wildman–Crippen LogP) is 4.90. The van der Waals surface area contributed by atoms with E-state index in [4.69, 9.17) is 9.47 Å². The first-order valence-corrected chi connectivity index (χ1v) is 12.0. The summed E-state index contributed by atoms with van der Waals surface area (Å²) in [5.41, 5.74) is 1.62. The Kier molecular flexibility index (Phi) is 7.66. The van der Waals surface area contributed by atoms with Crippen molar-refractivity contribution >= 4 is 43.7 Å². The van der Waals surface area contributed by atoms with Crippen LogP contribution < -0.4 is 4.31 Å². The molecule has 7 nitrogen and oxygen atoms in total. The molecule has 3 aromatic carbocycles. The van der Waals surface area contributed by atoms with Crippen molar-refractivity contribution < 1.29 is 27.5 Å². The van der Waals surface area contributed by atoms with Crippen LogP contribution in [0.25, 0.3) is 0 Å². The van der Waals surface area contributed by atoms with Gasteiger partial charge in [0.2, 0.25) is 0 Å². The monoisotopic (exact) mass is 517 g/mol. The zero-order chi connectivity index (χ0) is 23.1.